The third-order valence-corrected chi connectivity index (χ3v) is 3.25. The van der Waals surface area contributed by atoms with Crippen LogP contribution < -0.4 is 0 Å². The minimum Gasteiger partial charge on any atom is -0.253 e. The topological polar surface area (TPSA) is 25.8 Å². The molecule has 2 aromatic heterocycles. The summed E-state index contributed by atoms with van der Waals surface area (Å²) in [7, 11) is 0. The number of halogens is 1. The predicted molar refractivity (Wildman–Crippen MR) is 57.8 cm³/mol. The number of hydrogen-bond donors (Lipinski definition) is 0. The van der Waals surface area contributed by atoms with Crippen molar-refractivity contribution in [3.63, 3.8) is 0 Å². The zero-order chi connectivity index (χ0) is 9.26. The lowest BCUT2D eigenvalue weighted by atomic mass is 10.2. The van der Waals surface area contributed by atoms with Crippen LogP contribution in [0.2, 0.25) is 0 Å². The molecule has 0 fully saturated rings. The van der Waals surface area contributed by atoms with Crippen LogP contribution in [0.3, 0.4) is 0 Å². The highest BCUT2D eigenvalue weighted by Gasteiger charge is 2.06. The van der Waals surface area contributed by atoms with Crippen molar-refractivity contribution in [3.05, 3.63) is 33.9 Å². The first-order chi connectivity index (χ1) is 6.27. The van der Waals surface area contributed by atoms with Crippen molar-refractivity contribution in [3.8, 4) is 10.7 Å². The molecule has 0 bridgehead atoms. The average molecular weight is 255 g/mol. The summed E-state index contributed by atoms with van der Waals surface area (Å²) in [6, 6.07) is 3.97. The van der Waals surface area contributed by atoms with Crippen LogP contribution in [0.5, 0.6) is 0 Å². The third kappa shape index (κ3) is 1.78. The van der Waals surface area contributed by atoms with Crippen molar-refractivity contribution in [1.82, 2.24) is 9.97 Å². The highest BCUT2D eigenvalue weighted by Crippen LogP contribution is 2.26. The summed E-state index contributed by atoms with van der Waals surface area (Å²) in [5.41, 5.74) is 2.13. The number of thiazole rings is 1. The van der Waals surface area contributed by atoms with Crippen LogP contribution in [0, 0.1) is 6.92 Å². The van der Waals surface area contributed by atoms with Crippen LogP contribution in [0.1, 0.15) is 5.56 Å². The highest BCUT2D eigenvalue weighted by molar-refractivity contribution is 9.10. The molecule has 4 heteroatoms. The molecule has 0 saturated heterocycles. The van der Waals surface area contributed by atoms with E-state index >= 15 is 0 Å². The fraction of sp³-hybridized carbons (Fsp3) is 0.111. The molecule has 0 unspecified atom stereocenters. The average Bonchev–Trinajstić information content (AvgIpc) is 2.53. The van der Waals surface area contributed by atoms with Gasteiger partial charge in [0.1, 0.15) is 15.3 Å². The van der Waals surface area contributed by atoms with Crippen molar-refractivity contribution in [1.29, 1.82) is 0 Å². The summed E-state index contributed by atoms with van der Waals surface area (Å²) in [5, 5.41) is 2.92. The van der Waals surface area contributed by atoms with Gasteiger partial charge in [0.05, 0.1) is 0 Å². The lowest BCUT2D eigenvalue weighted by molar-refractivity contribution is 1.24. The minimum atomic E-state index is 0.873. The third-order valence-electron chi connectivity index (χ3n) is 1.69. The monoisotopic (exact) mass is 254 g/mol. The molecule has 0 saturated carbocycles. The summed E-state index contributed by atoms with van der Waals surface area (Å²) < 4.78 is 0.873. The lowest BCUT2D eigenvalue weighted by Crippen LogP contribution is -1.85. The molecular formula is C9H7BrN2S. The maximum atomic E-state index is 4.31. The van der Waals surface area contributed by atoms with E-state index in [0.29, 0.717) is 0 Å². The predicted octanol–water partition coefficient (Wildman–Crippen LogP) is 3.28. The molecule has 0 aliphatic heterocycles. The number of aryl methyl sites for hydroxylation is 1. The van der Waals surface area contributed by atoms with E-state index in [1.165, 1.54) is 0 Å². The standard InChI is InChI=1S/C9H7BrN2S/c1-6-3-2-4-11-8(6)9-12-7(10)5-13-9/h2-5H,1H3. The maximum Gasteiger partial charge on any atom is 0.143 e. The van der Waals surface area contributed by atoms with Crippen molar-refractivity contribution in [2.24, 2.45) is 0 Å². The van der Waals surface area contributed by atoms with E-state index in [-0.39, 0.29) is 0 Å². The van der Waals surface area contributed by atoms with Crippen molar-refractivity contribution in [2.75, 3.05) is 0 Å². The van der Waals surface area contributed by atoms with Gasteiger partial charge in [0.25, 0.3) is 0 Å². The molecule has 66 valence electrons. The molecular weight excluding hydrogens is 248 g/mol. The van der Waals surface area contributed by atoms with Gasteiger partial charge in [-0.3, -0.25) is 4.98 Å². The van der Waals surface area contributed by atoms with Gasteiger partial charge >= 0.3 is 0 Å². The highest BCUT2D eigenvalue weighted by atomic mass is 79.9. The Bertz CT molecular complexity index is 425. The maximum absolute atomic E-state index is 4.31. The molecule has 0 N–H and O–H groups in total. The van der Waals surface area contributed by atoms with Gasteiger partial charge in [-0.15, -0.1) is 11.3 Å². The summed E-state index contributed by atoms with van der Waals surface area (Å²) >= 11 is 4.92. The second-order valence-corrected chi connectivity index (χ2v) is 4.31. The van der Waals surface area contributed by atoms with Crippen LogP contribution in [-0.2, 0) is 0 Å². The van der Waals surface area contributed by atoms with Crippen LogP contribution >= 0.6 is 27.3 Å². The van der Waals surface area contributed by atoms with Crippen molar-refractivity contribution >= 4 is 27.3 Å². The molecule has 0 amide bonds. The molecule has 0 aliphatic carbocycles. The SMILES string of the molecule is Cc1cccnc1-c1nc(Br)cs1. The van der Waals surface area contributed by atoms with Gasteiger partial charge in [0, 0.05) is 11.6 Å². The van der Waals surface area contributed by atoms with Gasteiger partial charge in [-0.05, 0) is 34.5 Å². The molecule has 0 aromatic carbocycles. The number of pyridine rings is 1. The first-order valence-electron chi connectivity index (χ1n) is 3.80. The normalized spacial score (nSPS) is 10.3. The van der Waals surface area contributed by atoms with E-state index in [4.69, 9.17) is 0 Å². The zero-order valence-electron chi connectivity index (χ0n) is 6.99. The van der Waals surface area contributed by atoms with E-state index in [0.717, 1.165) is 20.9 Å². The van der Waals surface area contributed by atoms with E-state index in [9.17, 15) is 0 Å². The summed E-state index contributed by atoms with van der Waals surface area (Å²) in [4.78, 5) is 8.60. The number of rotatable bonds is 1. The number of aromatic nitrogens is 2. The first kappa shape index (κ1) is 8.84. The van der Waals surface area contributed by atoms with Crippen LogP contribution in [0.25, 0.3) is 10.7 Å². The van der Waals surface area contributed by atoms with Crippen LogP contribution in [0.15, 0.2) is 28.3 Å². The second kappa shape index (κ2) is 3.55. The van der Waals surface area contributed by atoms with Gasteiger partial charge < -0.3 is 0 Å². The molecule has 0 spiro atoms. The van der Waals surface area contributed by atoms with Crippen LogP contribution in [0.4, 0.5) is 0 Å². The molecule has 2 nitrogen and oxygen atoms in total. The Kier molecular flexibility index (Phi) is 2.42. The molecule has 2 aromatic rings. The number of hydrogen-bond acceptors (Lipinski definition) is 3. The summed E-state index contributed by atoms with van der Waals surface area (Å²) in [6.45, 7) is 2.04. The lowest BCUT2D eigenvalue weighted by Gasteiger charge is -1.98. The zero-order valence-corrected chi connectivity index (χ0v) is 9.39. The molecule has 2 rings (SSSR count). The van der Waals surface area contributed by atoms with Gasteiger partial charge in [-0.2, -0.15) is 0 Å². The number of nitrogens with zero attached hydrogens (tertiary/aromatic N) is 2. The van der Waals surface area contributed by atoms with E-state index in [2.05, 4.69) is 25.9 Å². The first-order valence-corrected chi connectivity index (χ1v) is 5.47. The van der Waals surface area contributed by atoms with Gasteiger partial charge in [0.2, 0.25) is 0 Å². The van der Waals surface area contributed by atoms with E-state index in [1.807, 2.05) is 24.4 Å². The van der Waals surface area contributed by atoms with Crippen LogP contribution in [-0.4, -0.2) is 9.97 Å². The molecule has 0 aliphatic rings. The molecule has 2 heterocycles. The minimum absolute atomic E-state index is 0.873. The Hall–Kier alpha value is -0.740. The fourth-order valence-corrected chi connectivity index (χ4v) is 2.39. The Balaban J connectivity index is 2.52. The Morgan fingerprint density at radius 1 is 1.46 bits per heavy atom. The fourth-order valence-electron chi connectivity index (χ4n) is 1.07. The smallest absolute Gasteiger partial charge is 0.143 e. The van der Waals surface area contributed by atoms with Gasteiger partial charge in [-0.1, -0.05) is 6.07 Å². The molecule has 13 heavy (non-hydrogen) atoms. The Labute approximate surface area is 88.8 Å². The molecule has 0 atom stereocenters. The summed E-state index contributed by atoms with van der Waals surface area (Å²) in [6.07, 6.45) is 1.79. The Morgan fingerprint density at radius 3 is 2.92 bits per heavy atom. The van der Waals surface area contributed by atoms with Gasteiger partial charge in [-0.25, -0.2) is 4.98 Å². The largest absolute Gasteiger partial charge is 0.253 e. The summed E-state index contributed by atoms with van der Waals surface area (Å²) in [5.74, 6) is 0. The van der Waals surface area contributed by atoms with Crippen molar-refractivity contribution < 1.29 is 0 Å². The van der Waals surface area contributed by atoms with E-state index < -0.39 is 0 Å². The van der Waals surface area contributed by atoms with Gasteiger partial charge in [0.15, 0.2) is 0 Å². The molecule has 0 radical (unpaired) electrons. The van der Waals surface area contributed by atoms with Crippen molar-refractivity contribution in [2.45, 2.75) is 6.92 Å². The quantitative estimate of drug-likeness (QED) is 0.781. The van der Waals surface area contributed by atoms with E-state index in [1.54, 1.807) is 17.5 Å². The Morgan fingerprint density at radius 2 is 2.31 bits per heavy atom. The second-order valence-electron chi connectivity index (χ2n) is 2.64.